The topological polar surface area (TPSA) is 29.6 Å². The predicted octanol–water partition coefficient (Wildman–Crippen LogP) is 5.08. The van der Waals surface area contributed by atoms with Gasteiger partial charge in [0.05, 0.1) is 11.9 Å². The number of thiazole rings is 1. The SMILES string of the molecule is CCN=c1scc(-c2cc(C)c(C)cc2C)n1N=Cc1ccc(F)cc1. The molecule has 5 heteroatoms. The van der Waals surface area contributed by atoms with Gasteiger partial charge in [0.1, 0.15) is 5.82 Å². The summed E-state index contributed by atoms with van der Waals surface area (Å²) in [6.07, 6.45) is 1.74. The number of nitrogens with zero attached hydrogens (tertiary/aromatic N) is 3. The number of halogens is 1. The summed E-state index contributed by atoms with van der Waals surface area (Å²) in [5.41, 5.74) is 6.75. The van der Waals surface area contributed by atoms with Crippen molar-refractivity contribution in [1.29, 1.82) is 0 Å². The van der Waals surface area contributed by atoms with Gasteiger partial charge < -0.3 is 0 Å². The van der Waals surface area contributed by atoms with Gasteiger partial charge in [-0.3, -0.25) is 4.99 Å². The lowest BCUT2D eigenvalue weighted by molar-refractivity contribution is 0.628. The number of aromatic nitrogens is 1. The van der Waals surface area contributed by atoms with Gasteiger partial charge in [-0.2, -0.15) is 5.10 Å². The van der Waals surface area contributed by atoms with Crippen molar-refractivity contribution in [3.8, 4) is 11.3 Å². The Bertz CT molecular complexity index is 1010. The van der Waals surface area contributed by atoms with Crippen molar-refractivity contribution >= 4 is 17.6 Å². The molecule has 0 fully saturated rings. The van der Waals surface area contributed by atoms with E-state index >= 15 is 0 Å². The average molecular weight is 367 g/mol. The predicted molar refractivity (Wildman–Crippen MR) is 107 cm³/mol. The molecule has 0 saturated carbocycles. The smallest absolute Gasteiger partial charge is 0.206 e. The fourth-order valence-corrected chi connectivity index (χ4v) is 3.64. The number of hydrogen-bond acceptors (Lipinski definition) is 3. The zero-order valence-corrected chi connectivity index (χ0v) is 16.3. The highest BCUT2D eigenvalue weighted by Gasteiger charge is 2.11. The van der Waals surface area contributed by atoms with E-state index in [1.54, 1.807) is 29.7 Å². The van der Waals surface area contributed by atoms with Crippen molar-refractivity contribution < 1.29 is 4.39 Å². The molecule has 3 nitrogen and oxygen atoms in total. The Morgan fingerprint density at radius 3 is 2.42 bits per heavy atom. The van der Waals surface area contributed by atoms with Crippen LogP contribution in [0.1, 0.15) is 29.2 Å². The molecule has 1 heterocycles. The number of rotatable bonds is 4. The van der Waals surface area contributed by atoms with Gasteiger partial charge in [-0.25, -0.2) is 9.07 Å². The second-order valence-corrected chi connectivity index (χ2v) is 7.07. The normalized spacial score (nSPS) is 12.3. The molecule has 3 aromatic rings. The lowest BCUT2D eigenvalue weighted by Crippen LogP contribution is -2.12. The van der Waals surface area contributed by atoms with Gasteiger partial charge in [-0.1, -0.05) is 18.2 Å². The van der Waals surface area contributed by atoms with E-state index in [2.05, 4.69) is 48.4 Å². The summed E-state index contributed by atoms with van der Waals surface area (Å²) in [7, 11) is 0. The van der Waals surface area contributed by atoms with Crippen molar-refractivity contribution in [2.45, 2.75) is 27.7 Å². The van der Waals surface area contributed by atoms with Crippen LogP contribution in [0.25, 0.3) is 11.3 Å². The van der Waals surface area contributed by atoms with E-state index in [0.717, 1.165) is 21.6 Å². The lowest BCUT2D eigenvalue weighted by Gasteiger charge is -2.10. The van der Waals surface area contributed by atoms with Crippen molar-refractivity contribution in [3.05, 3.63) is 74.7 Å². The summed E-state index contributed by atoms with van der Waals surface area (Å²) < 4.78 is 15.0. The van der Waals surface area contributed by atoms with E-state index in [9.17, 15) is 4.39 Å². The molecule has 0 aliphatic rings. The van der Waals surface area contributed by atoms with Crippen LogP contribution in [0, 0.1) is 26.6 Å². The third-order valence-electron chi connectivity index (χ3n) is 4.29. The molecule has 2 aromatic carbocycles. The zero-order chi connectivity index (χ0) is 18.7. The molecule has 0 radical (unpaired) electrons. The number of aryl methyl sites for hydroxylation is 3. The van der Waals surface area contributed by atoms with Crippen molar-refractivity contribution in [1.82, 2.24) is 4.68 Å². The largest absolute Gasteiger partial charge is 0.258 e. The van der Waals surface area contributed by atoms with Crippen LogP contribution in [0.15, 0.2) is 51.9 Å². The van der Waals surface area contributed by atoms with E-state index in [0.29, 0.717) is 6.54 Å². The minimum absolute atomic E-state index is 0.251. The molecular formula is C21H22FN3S. The summed E-state index contributed by atoms with van der Waals surface area (Å²) in [5.74, 6) is -0.251. The highest BCUT2D eigenvalue weighted by molar-refractivity contribution is 7.07. The summed E-state index contributed by atoms with van der Waals surface area (Å²) in [5, 5.41) is 6.73. The third-order valence-corrected chi connectivity index (χ3v) is 5.14. The Balaban J connectivity index is 2.12. The maximum absolute atomic E-state index is 13.1. The van der Waals surface area contributed by atoms with Gasteiger partial charge in [0.25, 0.3) is 0 Å². The van der Waals surface area contributed by atoms with Crippen LogP contribution in [-0.4, -0.2) is 17.4 Å². The lowest BCUT2D eigenvalue weighted by atomic mass is 9.99. The second kappa shape index (κ2) is 7.79. The minimum Gasteiger partial charge on any atom is -0.258 e. The van der Waals surface area contributed by atoms with Gasteiger partial charge in [0.15, 0.2) is 0 Å². The first-order chi connectivity index (χ1) is 12.5. The third kappa shape index (κ3) is 3.83. The Morgan fingerprint density at radius 2 is 1.73 bits per heavy atom. The molecule has 1 aromatic heterocycles. The van der Waals surface area contributed by atoms with Crippen molar-refractivity contribution in [3.63, 3.8) is 0 Å². The van der Waals surface area contributed by atoms with Crippen LogP contribution < -0.4 is 4.80 Å². The highest BCUT2D eigenvalue weighted by atomic mass is 32.1. The quantitative estimate of drug-likeness (QED) is 0.575. The number of benzene rings is 2. The second-order valence-electron chi connectivity index (χ2n) is 6.24. The maximum atomic E-state index is 13.1. The van der Waals surface area contributed by atoms with Gasteiger partial charge in [-0.15, -0.1) is 11.3 Å². The molecule has 0 saturated heterocycles. The van der Waals surface area contributed by atoms with Crippen LogP contribution >= 0.6 is 11.3 Å². The van der Waals surface area contributed by atoms with Crippen molar-refractivity contribution in [2.24, 2.45) is 10.1 Å². The van der Waals surface area contributed by atoms with Gasteiger partial charge in [0, 0.05) is 17.5 Å². The Morgan fingerprint density at radius 1 is 1.04 bits per heavy atom. The molecule has 0 unspecified atom stereocenters. The van der Waals surface area contributed by atoms with E-state index in [1.807, 2.05) is 11.6 Å². The highest BCUT2D eigenvalue weighted by Crippen LogP contribution is 2.27. The van der Waals surface area contributed by atoms with Gasteiger partial charge in [-0.05, 0) is 68.1 Å². The molecule has 134 valence electrons. The molecule has 3 rings (SSSR count). The van der Waals surface area contributed by atoms with Crippen molar-refractivity contribution in [2.75, 3.05) is 6.54 Å². The van der Waals surface area contributed by atoms with E-state index in [1.165, 1.54) is 28.8 Å². The molecule has 0 aliphatic carbocycles. The summed E-state index contributed by atoms with van der Waals surface area (Å²) >= 11 is 1.57. The summed E-state index contributed by atoms with van der Waals surface area (Å²) in [6.45, 7) is 9.06. The summed E-state index contributed by atoms with van der Waals surface area (Å²) in [6, 6.07) is 10.7. The molecule has 0 amide bonds. The summed E-state index contributed by atoms with van der Waals surface area (Å²) in [4.78, 5) is 5.40. The van der Waals surface area contributed by atoms with Gasteiger partial charge >= 0.3 is 0 Å². The Labute approximate surface area is 157 Å². The van der Waals surface area contributed by atoms with Gasteiger partial charge in [0.2, 0.25) is 4.80 Å². The first-order valence-electron chi connectivity index (χ1n) is 8.58. The van der Waals surface area contributed by atoms with Crippen LogP contribution in [0.4, 0.5) is 4.39 Å². The molecule has 0 spiro atoms. The molecule has 26 heavy (non-hydrogen) atoms. The Kier molecular flexibility index (Phi) is 5.47. The fourth-order valence-electron chi connectivity index (χ4n) is 2.75. The first kappa shape index (κ1) is 18.3. The molecular weight excluding hydrogens is 345 g/mol. The van der Waals surface area contributed by atoms with Crippen LogP contribution in [-0.2, 0) is 0 Å². The first-order valence-corrected chi connectivity index (χ1v) is 9.46. The maximum Gasteiger partial charge on any atom is 0.206 e. The molecule has 0 N–H and O–H groups in total. The van der Waals surface area contributed by atoms with Crippen LogP contribution in [0.5, 0.6) is 0 Å². The van der Waals surface area contributed by atoms with Crippen LogP contribution in [0.2, 0.25) is 0 Å². The minimum atomic E-state index is -0.251. The zero-order valence-electron chi connectivity index (χ0n) is 15.5. The molecule has 0 atom stereocenters. The average Bonchev–Trinajstić information content (AvgIpc) is 3.00. The molecule has 0 bridgehead atoms. The van der Waals surface area contributed by atoms with E-state index < -0.39 is 0 Å². The number of hydrogen-bond donors (Lipinski definition) is 0. The monoisotopic (exact) mass is 367 g/mol. The van der Waals surface area contributed by atoms with E-state index in [4.69, 9.17) is 0 Å². The molecule has 0 aliphatic heterocycles. The Hall–Kier alpha value is -2.53. The van der Waals surface area contributed by atoms with E-state index in [-0.39, 0.29) is 5.82 Å². The standard InChI is InChI=1S/C21H22FN3S/c1-5-23-21-25(24-12-17-6-8-18(22)9-7-17)20(13-26-21)19-11-15(3)14(2)10-16(19)4/h6-13H,5H2,1-4H3. The van der Waals surface area contributed by atoms with Crippen LogP contribution in [0.3, 0.4) is 0 Å². The fraction of sp³-hybridized carbons (Fsp3) is 0.238.